The van der Waals surface area contributed by atoms with Crippen molar-refractivity contribution in [1.29, 1.82) is 0 Å². The zero-order valence-corrected chi connectivity index (χ0v) is 19.0. The van der Waals surface area contributed by atoms with Gasteiger partial charge in [0, 0.05) is 30.8 Å². The number of rotatable bonds is 7. The van der Waals surface area contributed by atoms with Crippen molar-refractivity contribution < 1.29 is 14.0 Å². The van der Waals surface area contributed by atoms with Gasteiger partial charge in [-0.1, -0.05) is 62.7 Å². The molecule has 2 aromatic carbocycles. The van der Waals surface area contributed by atoms with Crippen LogP contribution in [-0.4, -0.2) is 52.8 Å². The van der Waals surface area contributed by atoms with Crippen LogP contribution < -0.4 is 0 Å². The minimum atomic E-state index is -0.232. The molecule has 0 atom stereocenters. The van der Waals surface area contributed by atoms with Gasteiger partial charge in [-0.25, -0.2) is 9.18 Å². The van der Waals surface area contributed by atoms with Crippen molar-refractivity contribution in [2.75, 3.05) is 26.2 Å². The molecule has 0 spiro atoms. The third kappa shape index (κ3) is 5.01. The first-order valence-corrected chi connectivity index (χ1v) is 11.6. The second-order valence-electron chi connectivity index (χ2n) is 9.35. The van der Waals surface area contributed by atoms with Crippen molar-refractivity contribution >= 4 is 11.9 Å². The Hall–Kier alpha value is -2.73. The summed E-state index contributed by atoms with van der Waals surface area (Å²) in [7, 11) is 0. The molecule has 32 heavy (non-hydrogen) atoms. The van der Waals surface area contributed by atoms with Crippen molar-refractivity contribution in [3.05, 3.63) is 59.4 Å². The van der Waals surface area contributed by atoms with Crippen molar-refractivity contribution in [3.8, 4) is 11.1 Å². The maximum Gasteiger partial charge on any atom is 0.327 e. The van der Waals surface area contributed by atoms with Crippen LogP contribution in [-0.2, 0) is 17.9 Å². The van der Waals surface area contributed by atoms with E-state index in [0.717, 1.165) is 29.8 Å². The minimum Gasteiger partial charge on any atom is -0.311 e. The molecule has 2 aliphatic heterocycles. The van der Waals surface area contributed by atoms with Crippen LogP contribution in [0.3, 0.4) is 0 Å². The third-order valence-corrected chi connectivity index (χ3v) is 6.24. The average molecular weight is 438 g/mol. The van der Waals surface area contributed by atoms with Crippen molar-refractivity contribution in [2.45, 2.75) is 46.2 Å². The highest BCUT2D eigenvalue weighted by molar-refractivity contribution is 6.01. The average Bonchev–Trinajstić information content (AvgIpc) is 3.03. The fourth-order valence-corrected chi connectivity index (χ4v) is 4.56. The molecule has 0 saturated carbocycles. The summed E-state index contributed by atoms with van der Waals surface area (Å²) in [6.45, 7) is 7.62. The normalized spacial score (nSPS) is 17.6. The van der Waals surface area contributed by atoms with Gasteiger partial charge in [-0.3, -0.25) is 14.6 Å². The first-order chi connectivity index (χ1) is 15.4. The van der Waals surface area contributed by atoms with Gasteiger partial charge in [0.05, 0.1) is 0 Å². The molecule has 2 aromatic rings. The van der Waals surface area contributed by atoms with E-state index in [2.05, 4.69) is 4.90 Å². The monoisotopic (exact) mass is 437 g/mol. The summed E-state index contributed by atoms with van der Waals surface area (Å²) < 4.78 is 15.3. The number of amides is 3. The van der Waals surface area contributed by atoms with Crippen molar-refractivity contribution in [1.82, 2.24) is 14.7 Å². The molecule has 170 valence electrons. The van der Waals surface area contributed by atoms with Gasteiger partial charge in [0.1, 0.15) is 12.4 Å². The largest absolute Gasteiger partial charge is 0.327 e. The Labute approximate surface area is 189 Å². The first-order valence-electron chi connectivity index (χ1n) is 11.6. The van der Waals surface area contributed by atoms with Crippen LogP contribution in [0.1, 0.15) is 44.2 Å². The van der Waals surface area contributed by atoms with Gasteiger partial charge in [0.15, 0.2) is 0 Å². The van der Waals surface area contributed by atoms with E-state index < -0.39 is 0 Å². The van der Waals surface area contributed by atoms with Crippen LogP contribution in [0, 0.1) is 11.7 Å². The van der Waals surface area contributed by atoms with E-state index in [9.17, 15) is 9.59 Å². The molecule has 2 saturated heterocycles. The van der Waals surface area contributed by atoms with Gasteiger partial charge in [0.2, 0.25) is 5.91 Å². The summed E-state index contributed by atoms with van der Waals surface area (Å²) in [4.78, 5) is 30.0. The first kappa shape index (κ1) is 22.5. The number of carbonyl (C=O) groups is 2. The van der Waals surface area contributed by atoms with Gasteiger partial charge in [-0.15, -0.1) is 0 Å². The fraction of sp³-hybridized carbons (Fsp3) is 0.462. The standard InChI is InChI=1S/C26H32FN3O2/c1-19(2)15-30-24(31)18-29(26(30)32)16-20-9-11-21(12-10-20)23-8-6-7-22(25(23)27)17-28-13-4-3-5-14-28/h6-12,19H,3-5,13-18H2,1-2H3. The molecule has 0 aliphatic carbocycles. The van der Waals surface area contributed by atoms with E-state index in [1.165, 1.54) is 24.2 Å². The second-order valence-corrected chi connectivity index (χ2v) is 9.35. The van der Waals surface area contributed by atoms with Gasteiger partial charge in [-0.2, -0.15) is 0 Å². The quantitative estimate of drug-likeness (QED) is 0.579. The van der Waals surface area contributed by atoms with E-state index >= 15 is 4.39 Å². The number of piperidine rings is 1. The van der Waals surface area contributed by atoms with Crippen LogP contribution >= 0.6 is 0 Å². The predicted octanol–water partition coefficient (Wildman–Crippen LogP) is 4.90. The van der Waals surface area contributed by atoms with Crippen molar-refractivity contribution in [2.24, 2.45) is 5.92 Å². The molecule has 0 aromatic heterocycles. The molecule has 0 N–H and O–H groups in total. The lowest BCUT2D eigenvalue weighted by Crippen LogP contribution is -2.35. The number of benzene rings is 2. The van der Waals surface area contributed by atoms with Gasteiger partial charge < -0.3 is 4.90 Å². The zero-order chi connectivity index (χ0) is 22.7. The lowest BCUT2D eigenvalue weighted by molar-refractivity contribution is -0.125. The lowest BCUT2D eigenvalue weighted by atomic mass is 10.00. The van der Waals surface area contributed by atoms with Crippen molar-refractivity contribution in [3.63, 3.8) is 0 Å². The van der Waals surface area contributed by atoms with Crippen LogP contribution in [0.4, 0.5) is 9.18 Å². The molecule has 2 fully saturated rings. The van der Waals surface area contributed by atoms with Gasteiger partial charge >= 0.3 is 6.03 Å². The fourth-order valence-electron chi connectivity index (χ4n) is 4.56. The smallest absolute Gasteiger partial charge is 0.311 e. The molecule has 5 nitrogen and oxygen atoms in total. The topological polar surface area (TPSA) is 43.9 Å². The number of nitrogens with zero attached hydrogens (tertiary/aromatic N) is 3. The molecule has 6 heteroatoms. The van der Waals surface area contributed by atoms with E-state index in [1.807, 2.05) is 56.3 Å². The van der Waals surface area contributed by atoms with Gasteiger partial charge in [0.25, 0.3) is 0 Å². The highest BCUT2D eigenvalue weighted by Gasteiger charge is 2.35. The molecule has 2 aliphatic rings. The maximum atomic E-state index is 15.3. The number of halogens is 1. The van der Waals surface area contributed by atoms with E-state index in [1.54, 1.807) is 4.90 Å². The molecular weight excluding hydrogens is 405 g/mol. The molecular formula is C26H32FN3O2. The molecule has 3 amide bonds. The van der Waals surface area contributed by atoms with E-state index in [0.29, 0.717) is 25.2 Å². The molecule has 0 radical (unpaired) electrons. The summed E-state index contributed by atoms with van der Waals surface area (Å²) in [5, 5.41) is 0. The summed E-state index contributed by atoms with van der Waals surface area (Å²) in [6, 6.07) is 13.0. The number of carbonyl (C=O) groups excluding carboxylic acids is 2. The molecule has 0 bridgehead atoms. The number of hydrogen-bond acceptors (Lipinski definition) is 3. The zero-order valence-electron chi connectivity index (χ0n) is 19.0. The Morgan fingerprint density at radius 3 is 2.34 bits per heavy atom. The van der Waals surface area contributed by atoms with E-state index in [4.69, 9.17) is 0 Å². The highest BCUT2D eigenvalue weighted by Crippen LogP contribution is 2.27. The molecule has 2 heterocycles. The maximum absolute atomic E-state index is 15.3. The number of urea groups is 1. The Kier molecular flexibility index (Phi) is 6.89. The van der Waals surface area contributed by atoms with Crippen LogP contribution in [0.15, 0.2) is 42.5 Å². The highest BCUT2D eigenvalue weighted by atomic mass is 19.1. The van der Waals surface area contributed by atoms with E-state index in [-0.39, 0.29) is 30.2 Å². The predicted molar refractivity (Wildman–Crippen MR) is 123 cm³/mol. The van der Waals surface area contributed by atoms with Crippen LogP contribution in [0.5, 0.6) is 0 Å². The van der Waals surface area contributed by atoms with Gasteiger partial charge in [-0.05, 0) is 43.0 Å². The molecule has 4 rings (SSSR count). The second kappa shape index (κ2) is 9.82. The molecule has 0 unspecified atom stereocenters. The number of hydrogen-bond donors (Lipinski definition) is 0. The van der Waals surface area contributed by atoms with Crippen LogP contribution in [0.2, 0.25) is 0 Å². The Balaban J connectivity index is 1.44. The minimum absolute atomic E-state index is 0.112. The Bertz CT molecular complexity index is 968. The summed E-state index contributed by atoms with van der Waals surface area (Å²) >= 11 is 0. The Morgan fingerprint density at radius 1 is 0.938 bits per heavy atom. The number of likely N-dealkylation sites (tertiary alicyclic amines) is 1. The third-order valence-electron chi connectivity index (χ3n) is 6.24. The summed E-state index contributed by atoms with van der Waals surface area (Å²) in [5.41, 5.74) is 3.07. The Morgan fingerprint density at radius 2 is 1.66 bits per heavy atom. The summed E-state index contributed by atoms with van der Waals surface area (Å²) in [6.07, 6.45) is 3.63. The summed E-state index contributed by atoms with van der Waals surface area (Å²) in [5.74, 6) is -0.0638. The SMILES string of the molecule is CC(C)CN1C(=O)CN(Cc2ccc(-c3cccc(CN4CCCCC4)c3F)cc2)C1=O. The lowest BCUT2D eigenvalue weighted by Gasteiger charge is -2.26. The van der Waals surface area contributed by atoms with Crippen LogP contribution in [0.25, 0.3) is 11.1 Å². The number of imide groups is 1.